The van der Waals surface area contributed by atoms with Gasteiger partial charge in [-0.2, -0.15) is 0 Å². The van der Waals surface area contributed by atoms with Crippen molar-refractivity contribution < 1.29 is 0 Å². The van der Waals surface area contributed by atoms with Crippen LogP contribution in [-0.4, -0.2) is 38.6 Å². The Balaban J connectivity index is 1.79. The maximum Gasteiger partial charge on any atom is 0.0178 e. The van der Waals surface area contributed by atoms with Gasteiger partial charge in [0.15, 0.2) is 0 Å². The molecule has 0 radical (unpaired) electrons. The number of hydrogen-bond acceptors (Lipinski definition) is 2. The first-order valence-corrected chi connectivity index (χ1v) is 8.00. The van der Waals surface area contributed by atoms with Crippen LogP contribution in [0.1, 0.15) is 24.8 Å². The van der Waals surface area contributed by atoms with Gasteiger partial charge in [-0.1, -0.05) is 34.5 Å². The van der Waals surface area contributed by atoms with Crippen LogP contribution in [0.15, 0.2) is 28.7 Å². The summed E-state index contributed by atoms with van der Waals surface area (Å²) in [5, 5.41) is 3.36. The van der Waals surface area contributed by atoms with E-state index in [0.29, 0.717) is 5.41 Å². The van der Waals surface area contributed by atoms with Gasteiger partial charge in [0.05, 0.1) is 0 Å². The van der Waals surface area contributed by atoms with Gasteiger partial charge in [0.1, 0.15) is 0 Å². The molecule has 3 heteroatoms. The third-order valence-electron chi connectivity index (χ3n) is 4.24. The lowest BCUT2D eigenvalue weighted by Crippen LogP contribution is -2.47. The Labute approximate surface area is 125 Å². The van der Waals surface area contributed by atoms with Crippen LogP contribution in [-0.2, 0) is 6.42 Å². The summed E-state index contributed by atoms with van der Waals surface area (Å²) in [6, 6.07) is 8.64. The van der Waals surface area contributed by atoms with E-state index in [1.165, 1.54) is 35.8 Å². The normalized spacial score (nSPS) is 17.5. The summed E-state index contributed by atoms with van der Waals surface area (Å²) in [5.74, 6) is 0. The first-order valence-electron chi connectivity index (χ1n) is 7.21. The predicted molar refractivity (Wildman–Crippen MR) is 85.6 cm³/mol. The van der Waals surface area contributed by atoms with Crippen molar-refractivity contribution in [2.75, 3.05) is 33.7 Å². The van der Waals surface area contributed by atoms with Gasteiger partial charge < -0.3 is 10.2 Å². The topological polar surface area (TPSA) is 15.3 Å². The molecular weight excluding hydrogens is 300 g/mol. The molecule has 0 bridgehead atoms. The molecule has 0 heterocycles. The zero-order chi connectivity index (χ0) is 13.7. The Hall–Kier alpha value is -0.380. The lowest BCUT2D eigenvalue weighted by Gasteiger charge is -2.44. The SMILES string of the molecule is CNCC1(CN(C)CCc2cccc(Br)c2)CCC1. The highest BCUT2D eigenvalue weighted by Crippen LogP contribution is 2.40. The zero-order valence-electron chi connectivity index (χ0n) is 12.1. The molecule has 0 atom stereocenters. The summed E-state index contributed by atoms with van der Waals surface area (Å²) >= 11 is 3.54. The van der Waals surface area contributed by atoms with Crippen LogP contribution in [0.5, 0.6) is 0 Å². The van der Waals surface area contributed by atoms with Gasteiger partial charge in [0.2, 0.25) is 0 Å². The molecule has 0 aromatic heterocycles. The summed E-state index contributed by atoms with van der Waals surface area (Å²) in [7, 11) is 4.33. The molecule has 106 valence electrons. The van der Waals surface area contributed by atoms with Crippen molar-refractivity contribution in [1.29, 1.82) is 0 Å². The number of nitrogens with zero attached hydrogens (tertiary/aromatic N) is 1. The van der Waals surface area contributed by atoms with Gasteiger partial charge >= 0.3 is 0 Å². The van der Waals surface area contributed by atoms with Gasteiger partial charge in [-0.05, 0) is 56.5 Å². The Morgan fingerprint density at radius 1 is 1.37 bits per heavy atom. The summed E-state index contributed by atoms with van der Waals surface area (Å²) in [5.41, 5.74) is 1.96. The van der Waals surface area contributed by atoms with E-state index in [4.69, 9.17) is 0 Å². The molecule has 19 heavy (non-hydrogen) atoms. The second-order valence-electron chi connectivity index (χ2n) is 6.00. The molecule has 0 saturated heterocycles. The Morgan fingerprint density at radius 2 is 2.16 bits per heavy atom. The Bertz CT molecular complexity index is 401. The summed E-state index contributed by atoms with van der Waals surface area (Å²) < 4.78 is 1.18. The van der Waals surface area contributed by atoms with Gasteiger partial charge in [-0.25, -0.2) is 0 Å². The van der Waals surface area contributed by atoms with Crippen molar-refractivity contribution in [1.82, 2.24) is 10.2 Å². The highest BCUT2D eigenvalue weighted by Gasteiger charge is 2.36. The van der Waals surface area contributed by atoms with Crippen molar-refractivity contribution >= 4 is 15.9 Å². The number of rotatable bonds is 7. The molecule has 1 aliphatic rings. The molecule has 2 rings (SSSR count). The molecule has 1 fully saturated rings. The quantitative estimate of drug-likeness (QED) is 0.827. The molecule has 0 aliphatic heterocycles. The predicted octanol–water partition coefficient (Wildman–Crippen LogP) is 3.31. The molecule has 1 saturated carbocycles. The van der Waals surface area contributed by atoms with Crippen LogP contribution in [0, 0.1) is 5.41 Å². The average Bonchev–Trinajstić information content (AvgIpc) is 2.34. The molecule has 1 aromatic carbocycles. The zero-order valence-corrected chi connectivity index (χ0v) is 13.7. The Morgan fingerprint density at radius 3 is 2.74 bits per heavy atom. The molecule has 0 unspecified atom stereocenters. The molecule has 0 spiro atoms. The number of likely N-dealkylation sites (N-methyl/N-ethyl adjacent to an activating group) is 1. The molecule has 2 nitrogen and oxygen atoms in total. The van der Waals surface area contributed by atoms with Crippen LogP contribution in [0.4, 0.5) is 0 Å². The van der Waals surface area contributed by atoms with Gasteiger partial charge in [-0.3, -0.25) is 0 Å². The van der Waals surface area contributed by atoms with Gasteiger partial charge in [0.25, 0.3) is 0 Å². The van der Waals surface area contributed by atoms with Crippen LogP contribution in [0.25, 0.3) is 0 Å². The fourth-order valence-corrected chi connectivity index (χ4v) is 3.55. The van der Waals surface area contributed by atoms with Crippen molar-refractivity contribution in [2.45, 2.75) is 25.7 Å². The average molecular weight is 325 g/mol. The molecular formula is C16H25BrN2. The fraction of sp³-hybridized carbons (Fsp3) is 0.625. The largest absolute Gasteiger partial charge is 0.319 e. The number of halogens is 1. The first-order chi connectivity index (χ1) is 9.13. The van der Waals surface area contributed by atoms with E-state index in [1.54, 1.807) is 0 Å². The van der Waals surface area contributed by atoms with Crippen LogP contribution in [0.2, 0.25) is 0 Å². The maximum atomic E-state index is 3.54. The van der Waals surface area contributed by atoms with Crippen molar-refractivity contribution in [3.8, 4) is 0 Å². The molecule has 1 N–H and O–H groups in total. The summed E-state index contributed by atoms with van der Waals surface area (Å²) in [6.45, 7) is 3.53. The van der Waals surface area contributed by atoms with E-state index in [9.17, 15) is 0 Å². The summed E-state index contributed by atoms with van der Waals surface area (Å²) in [4.78, 5) is 2.50. The number of nitrogens with one attached hydrogen (secondary N) is 1. The standard InChI is InChI=1S/C16H25BrN2/c1-18-12-16(8-4-9-16)13-19(2)10-7-14-5-3-6-15(17)11-14/h3,5-6,11,18H,4,7-10,12-13H2,1-2H3. The number of benzene rings is 1. The lowest BCUT2D eigenvalue weighted by molar-refractivity contribution is 0.0803. The fourth-order valence-electron chi connectivity index (χ4n) is 3.11. The third kappa shape index (κ3) is 4.30. The minimum atomic E-state index is 0.542. The van der Waals surface area contributed by atoms with E-state index in [2.05, 4.69) is 64.5 Å². The van der Waals surface area contributed by atoms with E-state index in [-0.39, 0.29) is 0 Å². The smallest absolute Gasteiger partial charge is 0.0178 e. The van der Waals surface area contributed by atoms with E-state index >= 15 is 0 Å². The van der Waals surface area contributed by atoms with Gasteiger partial charge in [-0.15, -0.1) is 0 Å². The highest BCUT2D eigenvalue weighted by molar-refractivity contribution is 9.10. The second kappa shape index (κ2) is 6.87. The molecule has 1 aliphatic carbocycles. The monoisotopic (exact) mass is 324 g/mol. The van der Waals surface area contributed by atoms with Crippen molar-refractivity contribution in [3.63, 3.8) is 0 Å². The van der Waals surface area contributed by atoms with E-state index < -0.39 is 0 Å². The van der Waals surface area contributed by atoms with Crippen LogP contribution < -0.4 is 5.32 Å². The minimum Gasteiger partial charge on any atom is -0.319 e. The van der Waals surface area contributed by atoms with Gasteiger partial charge in [0, 0.05) is 24.1 Å². The van der Waals surface area contributed by atoms with Crippen LogP contribution >= 0.6 is 15.9 Å². The highest BCUT2D eigenvalue weighted by atomic mass is 79.9. The lowest BCUT2D eigenvalue weighted by atomic mass is 9.68. The van der Waals surface area contributed by atoms with E-state index in [0.717, 1.165) is 19.5 Å². The molecule has 1 aromatic rings. The third-order valence-corrected chi connectivity index (χ3v) is 4.74. The maximum absolute atomic E-state index is 3.54. The van der Waals surface area contributed by atoms with Crippen molar-refractivity contribution in [3.05, 3.63) is 34.3 Å². The van der Waals surface area contributed by atoms with Crippen LogP contribution in [0.3, 0.4) is 0 Å². The molecule has 0 amide bonds. The van der Waals surface area contributed by atoms with Crippen molar-refractivity contribution in [2.24, 2.45) is 5.41 Å². The number of hydrogen-bond donors (Lipinski definition) is 1. The second-order valence-corrected chi connectivity index (χ2v) is 6.92. The Kier molecular flexibility index (Phi) is 5.43. The van der Waals surface area contributed by atoms with E-state index in [1.807, 2.05) is 0 Å². The minimum absolute atomic E-state index is 0.542. The summed E-state index contributed by atoms with van der Waals surface area (Å²) in [6.07, 6.45) is 5.30. The first kappa shape index (κ1) is 15.0.